The zero-order valence-electron chi connectivity index (χ0n) is 10.6. The number of rotatable bonds is 6. The fourth-order valence-corrected chi connectivity index (χ4v) is 1.67. The Labute approximate surface area is 102 Å². The van der Waals surface area contributed by atoms with Crippen molar-refractivity contribution in [3.05, 3.63) is 29.8 Å². The molecule has 0 heterocycles. The minimum absolute atomic E-state index is 0.0141. The lowest BCUT2D eigenvalue weighted by atomic mass is 10.1. The molecule has 0 spiro atoms. The van der Waals surface area contributed by atoms with Gasteiger partial charge in [-0.15, -0.1) is 0 Å². The Morgan fingerprint density at radius 2 is 2.06 bits per heavy atom. The third kappa shape index (κ3) is 3.75. The van der Waals surface area contributed by atoms with Gasteiger partial charge in [0.15, 0.2) is 0 Å². The first kappa shape index (κ1) is 13.5. The molecule has 94 valence electrons. The van der Waals surface area contributed by atoms with Crippen LogP contribution >= 0.6 is 0 Å². The fraction of sp³-hybridized carbons (Fsp3) is 0.462. The van der Waals surface area contributed by atoms with Crippen molar-refractivity contribution in [2.75, 3.05) is 6.61 Å². The average Bonchev–Trinajstić information content (AvgIpc) is 2.29. The van der Waals surface area contributed by atoms with Gasteiger partial charge in [0.2, 0.25) is 5.91 Å². The van der Waals surface area contributed by atoms with Crippen LogP contribution in [0, 0.1) is 0 Å². The molecule has 0 fully saturated rings. The summed E-state index contributed by atoms with van der Waals surface area (Å²) in [6.07, 6.45) is 0. The topological polar surface area (TPSA) is 64.3 Å². The van der Waals surface area contributed by atoms with Gasteiger partial charge in [0.1, 0.15) is 5.75 Å². The van der Waals surface area contributed by atoms with Crippen LogP contribution in [0.25, 0.3) is 0 Å². The second-order valence-corrected chi connectivity index (χ2v) is 3.98. The smallest absolute Gasteiger partial charge is 0.234 e. The van der Waals surface area contributed by atoms with Gasteiger partial charge in [-0.1, -0.05) is 18.2 Å². The molecule has 0 aliphatic carbocycles. The van der Waals surface area contributed by atoms with E-state index in [-0.39, 0.29) is 18.0 Å². The number of ether oxygens (including phenoxy) is 1. The van der Waals surface area contributed by atoms with Crippen LogP contribution in [0.2, 0.25) is 0 Å². The maximum atomic E-state index is 11.0. The van der Waals surface area contributed by atoms with Crippen LogP contribution in [0.3, 0.4) is 0 Å². The first-order chi connectivity index (χ1) is 8.06. The highest BCUT2D eigenvalue weighted by molar-refractivity contribution is 5.79. The number of hydrogen-bond acceptors (Lipinski definition) is 3. The molecule has 0 radical (unpaired) electrons. The highest BCUT2D eigenvalue weighted by Gasteiger charge is 2.16. The fourth-order valence-electron chi connectivity index (χ4n) is 1.67. The quantitative estimate of drug-likeness (QED) is 0.788. The molecule has 0 saturated heterocycles. The summed E-state index contributed by atoms with van der Waals surface area (Å²) in [5.41, 5.74) is 6.26. The predicted octanol–water partition coefficient (Wildman–Crippen LogP) is 1.61. The van der Waals surface area contributed by atoms with E-state index in [4.69, 9.17) is 10.5 Å². The Balaban J connectivity index is 2.80. The lowest BCUT2D eigenvalue weighted by Gasteiger charge is -2.20. The predicted molar refractivity (Wildman–Crippen MR) is 67.8 cm³/mol. The van der Waals surface area contributed by atoms with E-state index in [1.807, 2.05) is 38.1 Å². The van der Waals surface area contributed by atoms with Crippen LogP contribution < -0.4 is 15.8 Å². The molecule has 1 amide bonds. The number of nitrogens with one attached hydrogen (secondary N) is 1. The molecule has 1 aromatic carbocycles. The third-order valence-corrected chi connectivity index (χ3v) is 2.61. The third-order valence-electron chi connectivity index (χ3n) is 2.61. The van der Waals surface area contributed by atoms with Crippen molar-refractivity contribution in [3.8, 4) is 5.75 Å². The highest BCUT2D eigenvalue weighted by atomic mass is 16.5. The van der Waals surface area contributed by atoms with Crippen LogP contribution in [-0.4, -0.2) is 18.6 Å². The van der Waals surface area contributed by atoms with E-state index in [9.17, 15) is 4.79 Å². The van der Waals surface area contributed by atoms with E-state index in [0.29, 0.717) is 6.61 Å². The molecule has 4 nitrogen and oxygen atoms in total. The lowest BCUT2D eigenvalue weighted by Crippen LogP contribution is -2.40. The van der Waals surface area contributed by atoms with Crippen LogP contribution in [0.4, 0.5) is 0 Å². The second-order valence-electron chi connectivity index (χ2n) is 3.98. The van der Waals surface area contributed by atoms with Crippen LogP contribution in [0.15, 0.2) is 24.3 Å². The normalized spacial score (nSPS) is 14.1. The molecule has 1 aromatic rings. The molecule has 0 saturated carbocycles. The van der Waals surface area contributed by atoms with Gasteiger partial charge in [0.25, 0.3) is 0 Å². The van der Waals surface area contributed by atoms with Crippen molar-refractivity contribution in [1.82, 2.24) is 5.32 Å². The van der Waals surface area contributed by atoms with Crippen molar-refractivity contribution in [2.24, 2.45) is 5.73 Å². The molecular weight excluding hydrogens is 216 g/mol. The Hall–Kier alpha value is -1.55. The van der Waals surface area contributed by atoms with Gasteiger partial charge in [-0.2, -0.15) is 0 Å². The van der Waals surface area contributed by atoms with Gasteiger partial charge in [-0.05, 0) is 26.8 Å². The Morgan fingerprint density at radius 1 is 1.41 bits per heavy atom. The van der Waals surface area contributed by atoms with Crippen molar-refractivity contribution in [1.29, 1.82) is 0 Å². The number of carbonyl (C=O) groups excluding carboxylic acids is 1. The van der Waals surface area contributed by atoms with Crippen molar-refractivity contribution in [2.45, 2.75) is 32.9 Å². The number of benzene rings is 1. The molecule has 0 bridgehead atoms. The molecule has 17 heavy (non-hydrogen) atoms. The SMILES string of the molecule is CCOc1ccccc1C(C)NC(C)C(N)=O. The second kappa shape index (κ2) is 6.25. The number of nitrogens with two attached hydrogens (primary N) is 1. The van der Waals surface area contributed by atoms with E-state index < -0.39 is 0 Å². The summed E-state index contributed by atoms with van der Waals surface area (Å²) in [4.78, 5) is 11.0. The van der Waals surface area contributed by atoms with E-state index in [1.165, 1.54) is 0 Å². The van der Waals surface area contributed by atoms with E-state index in [0.717, 1.165) is 11.3 Å². The maximum absolute atomic E-state index is 11.0. The summed E-state index contributed by atoms with van der Waals surface area (Å²) in [6, 6.07) is 7.44. The highest BCUT2D eigenvalue weighted by Crippen LogP contribution is 2.24. The molecule has 0 aliphatic heterocycles. The molecule has 2 unspecified atom stereocenters. The molecule has 3 N–H and O–H groups in total. The molecule has 0 aliphatic rings. The molecular formula is C13H20N2O2. The van der Waals surface area contributed by atoms with Crippen LogP contribution in [-0.2, 0) is 4.79 Å². The lowest BCUT2D eigenvalue weighted by molar-refractivity contribution is -0.119. The number of carbonyl (C=O) groups is 1. The maximum Gasteiger partial charge on any atom is 0.234 e. The Bertz CT molecular complexity index is 379. The van der Waals surface area contributed by atoms with Gasteiger partial charge in [-0.3, -0.25) is 10.1 Å². The Kier molecular flexibility index (Phi) is 4.97. The van der Waals surface area contributed by atoms with Crippen molar-refractivity contribution < 1.29 is 9.53 Å². The summed E-state index contributed by atoms with van der Waals surface area (Å²) in [5, 5.41) is 3.14. The molecule has 1 rings (SSSR count). The Morgan fingerprint density at radius 3 is 2.65 bits per heavy atom. The first-order valence-corrected chi connectivity index (χ1v) is 5.83. The molecule has 4 heteroatoms. The summed E-state index contributed by atoms with van der Waals surface area (Å²) >= 11 is 0. The number of para-hydroxylation sites is 1. The summed E-state index contributed by atoms with van der Waals surface area (Å²) < 4.78 is 5.54. The van der Waals surface area contributed by atoms with Crippen LogP contribution in [0.1, 0.15) is 32.4 Å². The monoisotopic (exact) mass is 236 g/mol. The summed E-state index contributed by atoms with van der Waals surface area (Å²) in [6.45, 7) is 6.30. The van der Waals surface area contributed by atoms with Crippen molar-refractivity contribution >= 4 is 5.91 Å². The summed E-state index contributed by atoms with van der Waals surface area (Å²) in [7, 11) is 0. The first-order valence-electron chi connectivity index (χ1n) is 5.83. The van der Waals surface area contributed by atoms with E-state index >= 15 is 0 Å². The van der Waals surface area contributed by atoms with Crippen LogP contribution in [0.5, 0.6) is 5.75 Å². The average molecular weight is 236 g/mol. The number of hydrogen-bond donors (Lipinski definition) is 2. The minimum Gasteiger partial charge on any atom is -0.494 e. The zero-order valence-corrected chi connectivity index (χ0v) is 10.6. The van der Waals surface area contributed by atoms with Gasteiger partial charge < -0.3 is 10.5 Å². The number of primary amides is 1. The zero-order chi connectivity index (χ0) is 12.8. The molecule has 0 aromatic heterocycles. The van der Waals surface area contributed by atoms with Gasteiger partial charge in [0.05, 0.1) is 12.6 Å². The largest absolute Gasteiger partial charge is 0.494 e. The van der Waals surface area contributed by atoms with Gasteiger partial charge >= 0.3 is 0 Å². The minimum atomic E-state index is -0.361. The summed E-state index contributed by atoms with van der Waals surface area (Å²) in [5.74, 6) is 0.484. The van der Waals surface area contributed by atoms with Gasteiger partial charge in [0, 0.05) is 11.6 Å². The molecule has 2 atom stereocenters. The van der Waals surface area contributed by atoms with Crippen molar-refractivity contribution in [3.63, 3.8) is 0 Å². The standard InChI is InChI=1S/C13H20N2O2/c1-4-17-12-8-6-5-7-11(12)9(2)15-10(3)13(14)16/h5-10,15H,4H2,1-3H3,(H2,14,16). The number of amides is 1. The van der Waals surface area contributed by atoms with E-state index in [2.05, 4.69) is 5.32 Å². The van der Waals surface area contributed by atoms with E-state index in [1.54, 1.807) is 6.92 Å². The van der Waals surface area contributed by atoms with Gasteiger partial charge in [-0.25, -0.2) is 0 Å².